The van der Waals surface area contributed by atoms with E-state index in [1.54, 1.807) is 0 Å². The molecule has 0 aliphatic carbocycles. The largest absolute Gasteiger partial charge is 0.387 e. The summed E-state index contributed by atoms with van der Waals surface area (Å²) in [6.45, 7) is 8.05. The molecule has 0 heterocycles. The van der Waals surface area contributed by atoms with Gasteiger partial charge in [0.2, 0.25) is 0 Å². The van der Waals surface area contributed by atoms with Gasteiger partial charge in [-0.3, -0.25) is 4.79 Å². The summed E-state index contributed by atoms with van der Waals surface area (Å²) < 4.78 is 0. The Hall–Kier alpha value is -1.55. The number of carbonyl (C=O) groups is 1. The van der Waals surface area contributed by atoms with Gasteiger partial charge in [0.05, 0.1) is 5.56 Å². The van der Waals surface area contributed by atoms with Gasteiger partial charge in [-0.15, -0.1) is 0 Å². The highest BCUT2D eigenvalue weighted by Gasteiger charge is 2.10. The third kappa shape index (κ3) is 4.85. The molecule has 0 saturated heterocycles. The number of aryl methyl sites for hydroxylation is 1. The second-order valence-corrected chi connectivity index (χ2v) is 5.48. The van der Waals surface area contributed by atoms with E-state index in [0.717, 1.165) is 24.2 Å². The maximum atomic E-state index is 12.1. The average molecular weight is 277 g/mol. The fourth-order valence-electron chi connectivity index (χ4n) is 1.95. The van der Waals surface area contributed by atoms with Crippen LogP contribution in [-0.4, -0.2) is 44.0 Å². The van der Waals surface area contributed by atoms with E-state index in [1.165, 1.54) is 0 Å². The van der Waals surface area contributed by atoms with Crippen LogP contribution in [0.1, 0.15) is 36.2 Å². The van der Waals surface area contributed by atoms with Crippen molar-refractivity contribution in [3.63, 3.8) is 0 Å². The van der Waals surface area contributed by atoms with Gasteiger partial charge in [0.25, 0.3) is 5.91 Å². The predicted octanol–water partition coefficient (Wildman–Crippen LogP) is 2.50. The number of anilines is 1. The second-order valence-electron chi connectivity index (χ2n) is 5.48. The molecule has 4 heteroatoms. The normalized spacial score (nSPS) is 10.9. The van der Waals surface area contributed by atoms with Crippen LogP contribution in [-0.2, 0) is 0 Å². The molecule has 0 saturated carbocycles. The summed E-state index contributed by atoms with van der Waals surface area (Å²) in [5, 5.41) is 6.05. The average Bonchev–Trinajstić information content (AvgIpc) is 2.42. The highest BCUT2D eigenvalue weighted by molar-refractivity contribution is 5.99. The lowest BCUT2D eigenvalue weighted by molar-refractivity contribution is 0.0952. The fourth-order valence-corrected chi connectivity index (χ4v) is 1.95. The van der Waals surface area contributed by atoms with Crippen molar-refractivity contribution >= 4 is 11.6 Å². The number of amides is 1. The van der Waals surface area contributed by atoms with Gasteiger partial charge in [0, 0.05) is 25.3 Å². The first-order valence-electron chi connectivity index (χ1n) is 7.22. The topological polar surface area (TPSA) is 44.4 Å². The van der Waals surface area contributed by atoms with E-state index in [2.05, 4.69) is 36.4 Å². The number of nitrogens with one attached hydrogen (secondary N) is 2. The minimum Gasteiger partial charge on any atom is -0.387 e. The molecule has 0 unspecified atom stereocenters. The summed E-state index contributed by atoms with van der Waals surface area (Å²) in [5.74, 6) is -0.0125. The van der Waals surface area contributed by atoms with Crippen molar-refractivity contribution in [3.05, 3.63) is 29.3 Å². The van der Waals surface area contributed by atoms with Crippen LogP contribution in [0.3, 0.4) is 0 Å². The number of nitrogens with zero attached hydrogens (tertiary/aromatic N) is 1. The van der Waals surface area contributed by atoms with E-state index < -0.39 is 0 Å². The van der Waals surface area contributed by atoms with Crippen LogP contribution >= 0.6 is 0 Å². The van der Waals surface area contributed by atoms with Gasteiger partial charge in [-0.1, -0.05) is 6.07 Å². The number of rotatable bonds is 7. The smallest absolute Gasteiger partial charge is 0.253 e. The summed E-state index contributed by atoms with van der Waals surface area (Å²) in [5.41, 5.74) is 2.72. The van der Waals surface area contributed by atoms with Crippen molar-refractivity contribution in [2.24, 2.45) is 0 Å². The maximum absolute atomic E-state index is 12.1. The van der Waals surface area contributed by atoms with Crippen LogP contribution in [0.4, 0.5) is 5.69 Å². The molecule has 1 aromatic carbocycles. The van der Waals surface area contributed by atoms with Crippen molar-refractivity contribution in [2.75, 3.05) is 32.5 Å². The van der Waals surface area contributed by atoms with Crippen LogP contribution in [0.2, 0.25) is 0 Å². The molecular formula is C16H27N3O. The molecule has 0 aliphatic heterocycles. The third-order valence-electron chi connectivity index (χ3n) is 3.54. The molecule has 2 N–H and O–H groups in total. The molecule has 4 nitrogen and oxygen atoms in total. The summed E-state index contributed by atoms with van der Waals surface area (Å²) in [4.78, 5) is 14.4. The lowest BCUT2D eigenvalue weighted by Crippen LogP contribution is -2.31. The first-order chi connectivity index (χ1) is 9.45. The molecule has 1 rings (SSSR count). The van der Waals surface area contributed by atoms with Gasteiger partial charge in [-0.25, -0.2) is 0 Å². The van der Waals surface area contributed by atoms with Crippen molar-refractivity contribution in [3.8, 4) is 0 Å². The summed E-state index contributed by atoms with van der Waals surface area (Å²) in [7, 11) is 3.94. The summed E-state index contributed by atoms with van der Waals surface area (Å²) in [6, 6.07) is 6.36. The van der Waals surface area contributed by atoms with Crippen LogP contribution in [0.15, 0.2) is 18.2 Å². The van der Waals surface area contributed by atoms with E-state index in [1.807, 2.05) is 32.2 Å². The highest BCUT2D eigenvalue weighted by Crippen LogP contribution is 2.16. The molecule has 0 radical (unpaired) electrons. The Morgan fingerprint density at radius 3 is 2.65 bits per heavy atom. The Morgan fingerprint density at radius 1 is 1.35 bits per heavy atom. The van der Waals surface area contributed by atoms with Crippen molar-refractivity contribution in [1.29, 1.82) is 0 Å². The zero-order chi connectivity index (χ0) is 15.1. The second kappa shape index (κ2) is 7.90. The Kier molecular flexibility index (Phi) is 6.52. The quantitative estimate of drug-likeness (QED) is 0.753. The van der Waals surface area contributed by atoms with E-state index in [4.69, 9.17) is 0 Å². The molecule has 112 valence electrons. The molecular weight excluding hydrogens is 250 g/mol. The zero-order valence-corrected chi connectivity index (χ0v) is 13.3. The summed E-state index contributed by atoms with van der Waals surface area (Å²) in [6.07, 6.45) is 0.959. The van der Waals surface area contributed by atoms with Crippen LogP contribution in [0.25, 0.3) is 0 Å². The molecule has 0 bridgehead atoms. The standard InChI is InChI=1S/C16H27N3O/c1-12(2)19(5)10-6-9-18-16(20)14-8-7-13(3)11-15(14)17-4/h7-8,11-12,17H,6,9-10H2,1-5H3,(H,18,20). The Morgan fingerprint density at radius 2 is 2.05 bits per heavy atom. The van der Waals surface area contributed by atoms with Crippen molar-refractivity contribution < 1.29 is 4.79 Å². The zero-order valence-electron chi connectivity index (χ0n) is 13.3. The van der Waals surface area contributed by atoms with Gasteiger partial charge in [-0.05, 0) is 58.5 Å². The fraction of sp³-hybridized carbons (Fsp3) is 0.562. The predicted molar refractivity (Wildman–Crippen MR) is 85.4 cm³/mol. The number of hydrogen-bond donors (Lipinski definition) is 2. The Bertz CT molecular complexity index is 443. The van der Waals surface area contributed by atoms with Gasteiger partial charge in [-0.2, -0.15) is 0 Å². The van der Waals surface area contributed by atoms with Gasteiger partial charge < -0.3 is 15.5 Å². The van der Waals surface area contributed by atoms with Crippen LogP contribution in [0.5, 0.6) is 0 Å². The lowest BCUT2D eigenvalue weighted by Gasteiger charge is -2.20. The molecule has 20 heavy (non-hydrogen) atoms. The third-order valence-corrected chi connectivity index (χ3v) is 3.54. The Balaban J connectivity index is 2.47. The summed E-state index contributed by atoms with van der Waals surface area (Å²) >= 11 is 0. The van der Waals surface area contributed by atoms with E-state index in [0.29, 0.717) is 18.2 Å². The van der Waals surface area contributed by atoms with Crippen LogP contribution < -0.4 is 10.6 Å². The monoisotopic (exact) mass is 277 g/mol. The van der Waals surface area contributed by atoms with Crippen LogP contribution in [0, 0.1) is 6.92 Å². The molecule has 0 fully saturated rings. The first kappa shape index (κ1) is 16.5. The first-order valence-corrected chi connectivity index (χ1v) is 7.22. The molecule has 1 amide bonds. The van der Waals surface area contributed by atoms with Gasteiger partial charge in [0.1, 0.15) is 0 Å². The van der Waals surface area contributed by atoms with E-state index in [-0.39, 0.29) is 5.91 Å². The maximum Gasteiger partial charge on any atom is 0.253 e. The van der Waals surface area contributed by atoms with Crippen molar-refractivity contribution in [2.45, 2.75) is 33.2 Å². The molecule has 0 aromatic heterocycles. The van der Waals surface area contributed by atoms with E-state index >= 15 is 0 Å². The van der Waals surface area contributed by atoms with E-state index in [9.17, 15) is 4.79 Å². The lowest BCUT2D eigenvalue weighted by atomic mass is 10.1. The molecule has 1 aromatic rings. The van der Waals surface area contributed by atoms with Crippen molar-refractivity contribution in [1.82, 2.24) is 10.2 Å². The molecule has 0 spiro atoms. The number of carbonyl (C=O) groups excluding carboxylic acids is 1. The SMILES string of the molecule is CNc1cc(C)ccc1C(=O)NCCCN(C)C(C)C. The minimum absolute atomic E-state index is 0.0125. The number of hydrogen-bond acceptors (Lipinski definition) is 3. The van der Waals surface area contributed by atoms with Gasteiger partial charge in [0.15, 0.2) is 0 Å². The Labute approximate surface area is 122 Å². The number of benzene rings is 1. The minimum atomic E-state index is -0.0125. The molecule has 0 aliphatic rings. The molecule has 0 atom stereocenters. The highest BCUT2D eigenvalue weighted by atomic mass is 16.1. The van der Waals surface area contributed by atoms with Gasteiger partial charge >= 0.3 is 0 Å².